The van der Waals surface area contributed by atoms with Crippen LogP contribution in [0.1, 0.15) is 10.4 Å². The molecule has 0 spiro atoms. The van der Waals surface area contributed by atoms with E-state index in [9.17, 15) is 13.6 Å². The Labute approximate surface area is 113 Å². The second-order valence-electron chi connectivity index (χ2n) is 3.92. The zero-order valence-electron chi connectivity index (χ0n) is 10.5. The highest BCUT2D eigenvalue weighted by Crippen LogP contribution is 2.29. The lowest BCUT2D eigenvalue weighted by atomic mass is 10.2. The molecule has 0 aliphatic carbocycles. The molecule has 0 bridgehead atoms. The predicted octanol–water partition coefficient (Wildman–Crippen LogP) is 3.13. The smallest absolute Gasteiger partial charge is 0.337 e. The van der Waals surface area contributed by atoms with Crippen molar-refractivity contribution in [1.29, 1.82) is 0 Å². The van der Waals surface area contributed by atoms with Crippen molar-refractivity contribution in [2.24, 2.45) is 0 Å². The van der Waals surface area contributed by atoms with Crippen molar-refractivity contribution < 1.29 is 23.0 Å². The Kier molecular flexibility index (Phi) is 3.84. The summed E-state index contributed by atoms with van der Waals surface area (Å²) in [5, 5.41) is 0. The van der Waals surface area contributed by atoms with Gasteiger partial charge in [0.05, 0.1) is 18.4 Å². The first-order valence-electron chi connectivity index (χ1n) is 5.62. The predicted molar refractivity (Wildman–Crippen MR) is 68.6 cm³/mol. The maximum atomic E-state index is 13.1. The van der Waals surface area contributed by atoms with Gasteiger partial charge in [0.1, 0.15) is 5.75 Å². The summed E-state index contributed by atoms with van der Waals surface area (Å²) in [7, 11) is 1.24. The van der Waals surface area contributed by atoms with Crippen LogP contribution in [0.5, 0.6) is 11.5 Å². The zero-order chi connectivity index (χ0) is 14.7. The summed E-state index contributed by atoms with van der Waals surface area (Å²) >= 11 is 0. The fourth-order valence-corrected chi connectivity index (χ4v) is 1.53. The lowest BCUT2D eigenvalue weighted by molar-refractivity contribution is 0.0600. The van der Waals surface area contributed by atoms with E-state index in [1.807, 2.05) is 0 Å². The summed E-state index contributed by atoms with van der Waals surface area (Å²) in [5.41, 5.74) is 6.19. The average Bonchev–Trinajstić information content (AvgIpc) is 2.44. The third-order valence-electron chi connectivity index (χ3n) is 2.55. The van der Waals surface area contributed by atoms with Gasteiger partial charge in [0.15, 0.2) is 17.4 Å². The van der Waals surface area contributed by atoms with E-state index in [1.165, 1.54) is 31.4 Å². The van der Waals surface area contributed by atoms with Crippen molar-refractivity contribution in [2.45, 2.75) is 0 Å². The lowest BCUT2D eigenvalue weighted by Gasteiger charge is -2.10. The minimum atomic E-state index is -1.04. The number of rotatable bonds is 3. The first-order valence-corrected chi connectivity index (χ1v) is 5.62. The fourth-order valence-electron chi connectivity index (χ4n) is 1.53. The van der Waals surface area contributed by atoms with Gasteiger partial charge in [-0.2, -0.15) is 0 Å². The van der Waals surface area contributed by atoms with Crippen molar-refractivity contribution in [1.82, 2.24) is 0 Å². The Balaban J connectivity index is 2.32. The molecule has 0 heterocycles. The first-order chi connectivity index (χ1) is 9.51. The van der Waals surface area contributed by atoms with Gasteiger partial charge in [-0.15, -0.1) is 0 Å². The molecule has 104 valence electrons. The SMILES string of the molecule is COC(=O)c1ccc(N)c(Oc2ccc(F)c(F)c2)c1. The van der Waals surface area contributed by atoms with Crippen LogP contribution in [0.3, 0.4) is 0 Å². The van der Waals surface area contributed by atoms with Gasteiger partial charge in [-0.3, -0.25) is 0 Å². The van der Waals surface area contributed by atoms with Gasteiger partial charge < -0.3 is 15.2 Å². The monoisotopic (exact) mass is 279 g/mol. The van der Waals surface area contributed by atoms with E-state index in [0.29, 0.717) is 0 Å². The summed E-state index contributed by atoms with van der Waals surface area (Å²) < 4.78 is 35.8. The minimum absolute atomic E-state index is 0.0672. The van der Waals surface area contributed by atoms with E-state index < -0.39 is 17.6 Å². The normalized spacial score (nSPS) is 10.2. The highest BCUT2D eigenvalue weighted by molar-refractivity contribution is 5.90. The quantitative estimate of drug-likeness (QED) is 0.692. The second-order valence-corrected chi connectivity index (χ2v) is 3.92. The maximum absolute atomic E-state index is 13.1. The molecular formula is C14H11F2NO3. The van der Waals surface area contributed by atoms with Gasteiger partial charge in [0.25, 0.3) is 0 Å². The van der Waals surface area contributed by atoms with E-state index >= 15 is 0 Å². The van der Waals surface area contributed by atoms with Gasteiger partial charge in [-0.25, -0.2) is 13.6 Å². The molecule has 0 radical (unpaired) electrons. The second kappa shape index (κ2) is 5.56. The Bertz CT molecular complexity index is 659. The fraction of sp³-hybridized carbons (Fsp3) is 0.0714. The Hall–Kier alpha value is -2.63. The molecule has 2 aromatic rings. The molecule has 0 aliphatic rings. The number of nitrogens with two attached hydrogens (primary N) is 1. The van der Waals surface area contributed by atoms with Crippen LogP contribution in [-0.2, 0) is 4.74 Å². The molecule has 0 aliphatic heterocycles. The molecule has 2 aromatic carbocycles. The number of hydrogen-bond donors (Lipinski definition) is 1. The Morgan fingerprint density at radius 1 is 1.10 bits per heavy atom. The number of carbonyl (C=O) groups is 1. The molecular weight excluding hydrogens is 268 g/mol. The van der Waals surface area contributed by atoms with Crippen molar-refractivity contribution >= 4 is 11.7 Å². The summed E-state index contributed by atoms with van der Waals surface area (Å²) in [5.74, 6) is -2.35. The number of carbonyl (C=O) groups excluding carboxylic acids is 1. The summed E-state index contributed by atoms with van der Waals surface area (Å²) in [4.78, 5) is 11.4. The molecule has 6 heteroatoms. The number of ether oxygens (including phenoxy) is 2. The number of hydrogen-bond acceptors (Lipinski definition) is 4. The summed E-state index contributed by atoms with van der Waals surface area (Å²) in [6.45, 7) is 0. The summed E-state index contributed by atoms with van der Waals surface area (Å²) in [6.07, 6.45) is 0. The molecule has 2 N–H and O–H groups in total. The molecule has 4 nitrogen and oxygen atoms in total. The van der Waals surface area contributed by atoms with Crippen molar-refractivity contribution in [3.8, 4) is 11.5 Å². The molecule has 0 fully saturated rings. The number of anilines is 1. The number of nitrogen functional groups attached to an aromatic ring is 1. The van der Waals surface area contributed by atoms with E-state index in [0.717, 1.165) is 12.1 Å². The van der Waals surface area contributed by atoms with Crippen LogP contribution in [-0.4, -0.2) is 13.1 Å². The molecule has 0 amide bonds. The summed E-state index contributed by atoms with van der Waals surface area (Å²) in [6, 6.07) is 7.37. The van der Waals surface area contributed by atoms with Gasteiger partial charge in [0.2, 0.25) is 0 Å². The van der Waals surface area contributed by atoms with Crippen LogP contribution in [0, 0.1) is 11.6 Å². The third-order valence-corrected chi connectivity index (χ3v) is 2.55. The van der Waals surface area contributed by atoms with Crippen LogP contribution < -0.4 is 10.5 Å². The van der Waals surface area contributed by atoms with Crippen LogP contribution in [0.15, 0.2) is 36.4 Å². The molecule has 0 saturated carbocycles. The van der Waals surface area contributed by atoms with E-state index in [4.69, 9.17) is 10.5 Å². The lowest BCUT2D eigenvalue weighted by Crippen LogP contribution is -2.02. The number of halogens is 2. The number of benzene rings is 2. The molecule has 0 aromatic heterocycles. The molecule has 0 atom stereocenters. The van der Waals surface area contributed by atoms with E-state index in [-0.39, 0.29) is 22.7 Å². The Morgan fingerprint density at radius 2 is 1.85 bits per heavy atom. The Morgan fingerprint density at radius 3 is 2.50 bits per heavy atom. The zero-order valence-corrected chi connectivity index (χ0v) is 10.5. The molecule has 0 unspecified atom stereocenters. The largest absolute Gasteiger partial charge is 0.465 e. The minimum Gasteiger partial charge on any atom is -0.465 e. The van der Waals surface area contributed by atoms with Crippen molar-refractivity contribution in [3.63, 3.8) is 0 Å². The highest BCUT2D eigenvalue weighted by Gasteiger charge is 2.11. The van der Waals surface area contributed by atoms with Crippen LogP contribution in [0.25, 0.3) is 0 Å². The van der Waals surface area contributed by atoms with Crippen LogP contribution in [0.4, 0.5) is 14.5 Å². The molecule has 0 saturated heterocycles. The van der Waals surface area contributed by atoms with Crippen molar-refractivity contribution in [3.05, 3.63) is 53.6 Å². The van der Waals surface area contributed by atoms with Crippen LogP contribution >= 0.6 is 0 Å². The standard InChI is InChI=1S/C14H11F2NO3/c1-19-14(18)8-2-5-12(17)13(6-8)20-9-3-4-10(15)11(16)7-9/h2-7H,17H2,1H3. The molecule has 2 rings (SSSR count). The van der Waals surface area contributed by atoms with E-state index in [2.05, 4.69) is 4.74 Å². The van der Waals surface area contributed by atoms with Crippen molar-refractivity contribution in [2.75, 3.05) is 12.8 Å². The highest BCUT2D eigenvalue weighted by atomic mass is 19.2. The van der Waals surface area contributed by atoms with Gasteiger partial charge in [-0.05, 0) is 30.3 Å². The average molecular weight is 279 g/mol. The van der Waals surface area contributed by atoms with Crippen LogP contribution in [0.2, 0.25) is 0 Å². The number of methoxy groups -OCH3 is 1. The first kappa shape index (κ1) is 13.8. The van der Waals surface area contributed by atoms with Gasteiger partial charge in [0, 0.05) is 6.07 Å². The van der Waals surface area contributed by atoms with Gasteiger partial charge >= 0.3 is 5.97 Å². The van der Waals surface area contributed by atoms with E-state index in [1.54, 1.807) is 0 Å². The van der Waals surface area contributed by atoms with Gasteiger partial charge in [-0.1, -0.05) is 0 Å². The maximum Gasteiger partial charge on any atom is 0.337 e. The topological polar surface area (TPSA) is 61.5 Å². The number of esters is 1. The molecule has 20 heavy (non-hydrogen) atoms. The third kappa shape index (κ3) is 2.85.